The number of unbranched alkanes of at least 4 members (excludes halogenated alkanes) is 1. The standard InChI is InChI=1S/C23H31NO/c1-3-5-11-19(4-2)18-24-23(25)22-15-10-9-14-21(22)17-16-20-12-7-6-8-13-20/h6-10,12-15,19H,3-5,11,16-18H2,1-2H3,(H,24,25)/t19-/m0/s1. The van der Waals surface area contributed by atoms with Gasteiger partial charge in [-0.1, -0.05) is 81.6 Å². The summed E-state index contributed by atoms with van der Waals surface area (Å²) in [6.07, 6.45) is 6.62. The van der Waals surface area contributed by atoms with E-state index in [4.69, 9.17) is 0 Å². The summed E-state index contributed by atoms with van der Waals surface area (Å²) in [6, 6.07) is 18.4. The first-order chi connectivity index (χ1) is 12.2. The van der Waals surface area contributed by atoms with Gasteiger partial charge in [0.15, 0.2) is 0 Å². The summed E-state index contributed by atoms with van der Waals surface area (Å²) in [5.41, 5.74) is 3.26. The molecule has 134 valence electrons. The number of carbonyl (C=O) groups is 1. The molecule has 1 N–H and O–H groups in total. The van der Waals surface area contributed by atoms with E-state index >= 15 is 0 Å². The minimum Gasteiger partial charge on any atom is -0.352 e. The van der Waals surface area contributed by atoms with Crippen molar-refractivity contribution in [1.29, 1.82) is 0 Å². The molecule has 2 aromatic carbocycles. The summed E-state index contributed by atoms with van der Waals surface area (Å²) >= 11 is 0. The highest BCUT2D eigenvalue weighted by molar-refractivity contribution is 5.95. The topological polar surface area (TPSA) is 29.1 Å². The number of carbonyl (C=O) groups excluding carboxylic acids is 1. The molecule has 0 heterocycles. The molecule has 0 aliphatic heterocycles. The Labute approximate surface area is 152 Å². The highest BCUT2D eigenvalue weighted by Crippen LogP contribution is 2.15. The van der Waals surface area contributed by atoms with Gasteiger partial charge in [0.2, 0.25) is 0 Å². The lowest BCUT2D eigenvalue weighted by Crippen LogP contribution is -2.30. The third-order valence-corrected chi connectivity index (χ3v) is 4.88. The lowest BCUT2D eigenvalue weighted by molar-refractivity contribution is 0.0945. The van der Waals surface area contributed by atoms with Gasteiger partial charge in [0, 0.05) is 12.1 Å². The zero-order chi connectivity index (χ0) is 17.9. The van der Waals surface area contributed by atoms with Crippen molar-refractivity contribution >= 4 is 5.91 Å². The van der Waals surface area contributed by atoms with E-state index in [9.17, 15) is 4.79 Å². The average Bonchev–Trinajstić information content (AvgIpc) is 2.67. The molecule has 1 atom stereocenters. The van der Waals surface area contributed by atoms with E-state index in [0.29, 0.717) is 5.92 Å². The second kappa shape index (κ2) is 10.7. The number of benzene rings is 2. The fraction of sp³-hybridized carbons (Fsp3) is 0.435. The molecular formula is C23H31NO. The Balaban J connectivity index is 1.95. The quantitative estimate of drug-likeness (QED) is 0.616. The van der Waals surface area contributed by atoms with Crippen LogP contribution in [-0.2, 0) is 12.8 Å². The van der Waals surface area contributed by atoms with Gasteiger partial charge in [-0.05, 0) is 42.4 Å². The molecule has 0 aliphatic carbocycles. The predicted molar refractivity (Wildman–Crippen MR) is 106 cm³/mol. The molecule has 0 radical (unpaired) electrons. The monoisotopic (exact) mass is 337 g/mol. The second-order valence-corrected chi connectivity index (χ2v) is 6.77. The highest BCUT2D eigenvalue weighted by Gasteiger charge is 2.13. The van der Waals surface area contributed by atoms with Crippen LogP contribution in [0.2, 0.25) is 0 Å². The summed E-state index contributed by atoms with van der Waals surface area (Å²) in [5.74, 6) is 0.652. The van der Waals surface area contributed by atoms with Crippen molar-refractivity contribution in [3.63, 3.8) is 0 Å². The minimum absolute atomic E-state index is 0.0682. The summed E-state index contributed by atoms with van der Waals surface area (Å²) < 4.78 is 0. The minimum atomic E-state index is 0.0682. The fourth-order valence-corrected chi connectivity index (χ4v) is 3.16. The summed E-state index contributed by atoms with van der Waals surface area (Å²) in [4.78, 5) is 12.7. The number of rotatable bonds is 10. The van der Waals surface area contributed by atoms with Crippen molar-refractivity contribution in [2.75, 3.05) is 6.54 Å². The molecule has 0 unspecified atom stereocenters. The highest BCUT2D eigenvalue weighted by atomic mass is 16.1. The Morgan fingerprint density at radius 1 is 0.960 bits per heavy atom. The maximum Gasteiger partial charge on any atom is 0.251 e. The Morgan fingerprint density at radius 2 is 1.68 bits per heavy atom. The molecule has 1 amide bonds. The van der Waals surface area contributed by atoms with Gasteiger partial charge in [0.25, 0.3) is 5.91 Å². The van der Waals surface area contributed by atoms with Gasteiger partial charge < -0.3 is 5.32 Å². The Morgan fingerprint density at radius 3 is 2.40 bits per heavy atom. The van der Waals surface area contributed by atoms with Gasteiger partial charge in [-0.15, -0.1) is 0 Å². The molecule has 0 aromatic heterocycles. The summed E-state index contributed by atoms with van der Waals surface area (Å²) in [6.45, 7) is 5.21. The largest absolute Gasteiger partial charge is 0.352 e. The van der Waals surface area contributed by atoms with E-state index < -0.39 is 0 Å². The van der Waals surface area contributed by atoms with Crippen LogP contribution >= 0.6 is 0 Å². The molecular weight excluding hydrogens is 306 g/mol. The molecule has 2 nitrogen and oxygen atoms in total. The molecule has 0 fully saturated rings. The third-order valence-electron chi connectivity index (χ3n) is 4.88. The van der Waals surface area contributed by atoms with Crippen LogP contribution in [0.4, 0.5) is 0 Å². The van der Waals surface area contributed by atoms with Crippen molar-refractivity contribution in [3.8, 4) is 0 Å². The smallest absolute Gasteiger partial charge is 0.251 e. The third kappa shape index (κ3) is 6.38. The molecule has 0 saturated heterocycles. The van der Waals surface area contributed by atoms with E-state index in [2.05, 4.69) is 49.5 Å². The van der Waals surface area contributed by atoms with Gasteiger partial charge in [0.05, 0.1) is 0 Å². The molecule has 2 heteroatoms. The molecule has 25 heavy (non-hydrogen) atoms. The van der Waals surface area contributed by atoms with Crippen LogP contribution < -0.4 is 5.32 Å². The molecule has 0 saturated carbocycles. The summed E-state index contributed by atoms with van der Waals surface area (Å²) in [7, 11) is 0. The first-order valence-electron chi connectivity index (χ1n) is 9.64. The number of hydrogen-bond donors (Lipinski definition) is 1. The first-order valence-corrected chi connectivity index (χ1v) is 9.64. The van der Waals surface area contributed by atoms with Gasteiger partial charge in [0.1, 0.15) is 0 Å². The van der Waals surface area contributed by atoms with Crippen LogP contribution in [0, 0.1) is 5.92 Å². The molecule has 0 spiro atoms. The van der Waals surface area contributed by atoms with Crippen molar-refractivity contribution in [2.45, 2.75) is 52.4 Å². The molecule has 2 aromatic rings. The van der Waals surface area contributed by atoms with E-state index in [1.165, 1.54) is 24.8 Å². The maximum absolute atomic E-state index is 12.7. The number of aryl methyl sites for hydroxylation is 2. The molecule has 0 bridgehead atoms. The number of amides is 1. The zero-order valence-electron chi connectivity index (χ0n) is 15.6. The predicted octanol–water partition coefficient (Wildman–Crippen LogP) is 5.42. The lowest BCUT2D eigenvalue weighted by atomic mass is 9.97. The van der Waals surface area contributed by atoms with Gasteiger partial charge in [-0.3, -0.25) is 4.79 Å². The van der Waals surface area contributed by atoms with Gasteiger partial charge in [-0.2, -0.15) is 0 Å². The second-order valence-electron chi connectivity index (χ2n) is 6.77. The van der Waals surface area contributed by atoms with Crippen molar-refractivity contribution in [2.24, 2.45) is 5.92 Å². The van der Waals surface area contributed by atoms with Crippen LogP contribution in [-0.4, -0.2) is 12.5 Å². The van der Waals surface area contributed by atoms with E-state index in [-0.39, 0.29) is 5.91 Å². The Bertz CT molecular complexity index is 636. The first kappa shape index (κ1) is 19.2. The SMILES string of the molecule is CCCC[C@H](CC)CNC(=O)c1ccccc1CCc1ccccc1. The molecule has 2 rings (SSSR count). The van der Waals surface area contributed by atoms with E-state index in [1.54, 1.807) is 0 Å². The van der Waals surface area contributed by atoms with Crippen LogP contribution in [0.5, 0.6) is 0 Å². The van der Waals surface area contributed by atoms with Gasteiger partial charge >= 0.3 is 0 Å². The maximum atomic E-state index is 12.7. The van der Waals surface area contributed by atoms with Crippen molar-refractivity contribution in [3.05, 3.63) is 71.3 Å². The summed E-state index contributed by atoms with van der Waals surface area (Å²) in [5, 5.41) is 3.16. The van der Waals surface area contributed by atoms with Crippen LogP contribution in [0.1, 0.15) is 61.0 Å². The van der Waals surface area contributed by atoms with E-state index in [1.807, 2.05) is 24.3 Å². The van der Waals surface area contributed by atoms with Crippen LogP contribution in [0.3, 0.4) is 0 Å². The fourth-order valence-electron chi connectivity index (χ4n) is 3.16. The Kier molecular flexibility index (Phi) is 8.24. The number of nitrogens with one attached hydrogen (secondary N) is 1. The van der Waals surface area contributed by atoms with Crippen LogP contribution in [0.15, 0.2) is 54.6 Å². The van der Waals surface area contributed by atoms with E-state index in [0.717, 1.165) is 36.9 Å². The van der Waals surface area contributed by atoms with Crippen molar-refractivity contribution in [1.82, 2.24) is 5.32 Å². The average molecular weight is 338 g/mol. The Hall–Kier alpha value is -2.09. The normalized spacial score (nSPS) is 11.9. The number of hydrogen-bond acceptors (Lipinski definition) is 1. The van der Waals surface area contributed by atoms with Crippen LogP contribution in [0.25, 0.3) is 0 Å². The van der Waals surface area contributed by atoms with Gasteiger partial charge in [-0.25, -0.2) is 0 Å². The van der Waals surface area contributed by atoms with Crippen molar-refractivity contribution < 1.29 is 4.79 Å². The lowest BCUT2D eigenvalue weighted by Gasteiger charge is -2.16. The molecule has 0 aliphatic rings. The zero-order valence-corrected chi connectivity index (χ0v) is 15.6.